The SMILES string of the molecule is CCCN(CCO)C(=O)c1cc([N+](=O)[O-])ccc1N(C)C. The molecule has 0 aromatic heterocycles. The van der Waals surface area contributed by atoms with Crippen LogP contribution in [0.1, 0.15) is 23.7 Å². The first kappa shape index (κ1) is 16.9. The molecule has 0 spiro atoms. The van der Waals surface area contributed by atoms with E-state index in [-0.39, 0.29) is 30.3 Å². The molecule has 7 heteroatoms. The Hall–Kier alpha value is -2.15. The molecule has 116 valence electrons. The number of amides is 1. The van der Waals surface area contributed by atoms with Gasteiger partial charge in [0.05, 0.1) is 17.1 Å². The average molecular weight is 295 g/mol. The molecular weight excluding hydrogens is 274 g/mol. The topological polar surface area (TPSA) is 86.9 Å². The van der Waals surface area contributed by atoms with Gasteiger partial charge in [-0.15, -0.1) is 0 Å². The van der Waals surface area contributed by atoms with E-state index in [9.17, 15) is 14.9 Å². The molecule has 0 fully saturated rings. The van der Waals surface area contributed by atoms with Gasteiger partial charge in [0.2, 0.25) is 0 Å². The van der Waals surface area contributed by atoms with Crippen molar-refractivity contribution in [2.24, 2.45) is 0 Å². The van der Waals surface area contributed by atoms with E-state index in [1.165, 1.54) is 17.0 Å². The predicted molar refractivity (Wildman–Crippen MR) is 80.7 cm³/mol. The molecule has 0 aliphatic rings. The fourth-order valence-electron chi connectivity index (χ4n) is 2.07. The van der Waals surface area contributed by atoms with Crippen LogP contribution in [0.4, 0.5) is 11.4 Å². The quantitative estimate of drug-likeness (QED) is 0.608. The number of hydrogen-bond acceptors (Lipinski definition) is 5. The highest BCUT2D eigenvalue weighted by Gasteiger charge is 2.22. The minimum absolute atomic E-state index is 0.121. The van der Waals surface area contributed by atoms with Crippen LogP contribution < -0.4 is 4.90 Å². The Bertz CT molecular complexity index is 511. The van der Waals surface area contributed by atoms with Crippen LogP contribution in [-0.2, 0) is 0 Å². The lowest BCUT2D eigenvalue weighted by atomic mass is 10.1. The van der Waals surface area contributed by atoms with Crippen LogP contribution in [-0.4, -0.2) is 54.6 Å². The number of benzene rings is 1. The molecule has 21 heavy (non-hydrogen) atoms. The maximum absolute atomic E-state index is 12.6. The second-order valence-electron chi connectivity index (χ2n) is 4.87. The van der Waals surface area contributed by atoms with E-state index in [2.05, 4.69) is 0 Å². The fourth-order valence-corrected chi connectivity index (χ4v) is 2.07. The first-order valence-corrected chi connectivity index (χ1v) is 6.78. The van der Waals surface area contributed by atoms with Crippen molar-refractivity contribution in [1.82, 2.24) is 4.90 Å². The summed E-state index contributed by atoms with van der Waals surface area (Å²) in [6.45, 7) is 2.49. The van der Waals surface area contributed by atoms with Gasteiger partial charge < -0.3 is 14.9 Å². The molecule has 0 heterocycles. The minimum atomic E-state index is -0.521. The number of nitro groups is 1. The molecule has 1 aromatic rings. The smallest absolute Gasteiger partial charge is 0.270 e. The van der Waals surface area contributed by atoms with Crippen molar-refractivity contribution in [3.05, 3.63) is 33.9 Å². The van der Waals surface area contributed by atoms with E-state index >= 15 is 0 Å². The Balaban J connectivity index is 3.25. The highest BCUT2D eigenvalue weighted by Crippen LogP contribution is 2.25. The summed E-state index contributed by atoms with van der Waals surface area (Å²) in [4.78, 5) is 26.2. The fraction of sp³-hybridized carbons (Fsp3) is 0.500. The second kappa shape index (κ2) is 7.58. The number of hydrogen-bond donors (Lipinski definition) is 1. The summed E-state index contributed by atoms with van der Waals surface area (Å²) in [6.07, 6.45) is 0.748. The van der Waals surface area contributed by atoms with Gasteiger partial charge in [0.15, 0.2) is 0 Å². The van der Waals surface area contributed by atoms with Crippen molar-refractivity contribution < 1.29 is 14.8 Å². The Morgan fingerprint density at radius 1 is 1.33 bits per heavy atom. The zero-order valence-corrected chi connectivity index (χ0v) is 12.6. The molecule has 7 nitrogen and oxygen atoms in total. The van der Waals surface area contributed by atoms with Gasteiger partial charge in [-0.3, -0.25) is 14.9 Å². The van der Waals surface area contributed by atoms with Crippen LogP contribution in [0.5, 0.6) is 0 Å². The third-order valence-corrected chi connectivity index (χ3v) is 3.05. The molecule has 1 N–H and O–H groups in total. The molecule has 0 atom stereocenters. The number of carbonyl (C=O) groups is 1. The largest absolute Gasteiger partial charge is 0.395 e. The number of anilines is 1. The van der Waals surface area contributed by atoms with Gasteiger partial charge in [0.1, 0.15) is 0 Å². The monoisotopic (exact) mass is 295 g/mol. The van der Waals surface area contributed by atoms with Crippen LogP contribution >= 0.6 is 0 Å². The van der Waals surface area contributed by atoms with Crippen molar-refractivity contribution in [3.8, 4) is 0 Å². The van der Waals surface area contributed by atoms with Crippen LogP contribution in [0.2, 0.25) is 0 Å². The summed E-state index contributed by atoms with van der Waals surface area (Å²) in [6, 6.07) is 4.23. The van der Waals surface area contributed by atoms with E-state index in [1.807, 2.05) is 6.92 Å². The van der Waals surface area contributed by atoms with Crippen LogP contribution in [0, 0.1) is 10.1 Å². The van der Waals surface area contributed by atoms with Crippen molar-refractivity contribution in [3.63, 3.8) is 0 Å². The van der Waals surface area contributed by atoms with E-state index in [0.717, 1.165) is 6.42 Å². The summed E-state index contributed by atoms with van der Waals surface area (Å²) in [5.74, 6) is -0.307. The van der Waals surface area contributed by atoms with Gasteiger partial charge in [-0.2, -0.15) is 0 Å². The molecule has 0 aliphatic carbocycles. The van der Waals surface area contributed by atoms with E-state index in [4.69, 9.17) is 5.11 Å². The highest BCUT2D eigenvalue weighted by atomic mass is 16.6. The Labute approximate surface area is 123 Å². The van der Waals surface area contributed by atoms with E-state index < -0.39 is 4.92 Å². The first-order valence-electron chi connectivity index (χ1n) is 6.78. The third-order valence-electron chi connectivity index (χ3n) is 3.05. The van der Waals surface area contributed by atoms with Crippen molar-refractivity contribution >= 4 is 17.3 Å². The number of carbonyl (C=O) groups excluding carboxylic acids is 1. The summed E-state index contributed by atoms with van der Waals surface area (Å²) in [5, 5.41) is 20.0. The Kier molecular flexibility index (Phi) is 6.10. The molecular formula is C14H21N3O4. The van der Waals surface area contributed by atoms with Crippen LogP contribution in [0.15, 0.2) is 18.2 Å². The second-order valence-corrected chi connectivity index (χ2v) is 4.87. The maximum Gasteiger partial charge on any atom is 0.270 e. The molecule has 1 aromatic carbocycles. The lowest BCUT2D eigenvalue weighted by Gasteiger charge is -2.24. The standard InChI is InChI=1S/C14H21N3O4/c1-4-7-16(8-9-18)14(19)12-10-11(17(20)21)5-6-13(12)15(2)3/h5-6,10,18H,4,7-9H2,1-3H3. The van der Waals surface area contributed by atoms with Gasteiger partial charge in [0.25, 0.3) is 11.6 Å². The molecule has 0 radical (unpaired) electrons. The first-order chi connectivity index (χ1) is 9.92. The molecule has 0 unspecified atom stereocenters. The highest BCUT2D eigenvalue weighted by molar-refractivity contribution is 6.00. The lowest BCUT2D eigenvalue weighted by molar-refractivity contribution is -0.384. The van der Waals surface area contributed by atoms with Crippen LogP contribution in [0.3, 0.4) is 0 Å². The number of aliphatic hydroxyl groups excluding tert-OH is 1. The van der Waals surface area contributed by atoms with Crippen molar-refractivity contribution in [1.29, 1.82) is 0 Å². The van der Waals surface area contributed by atoms with E-state index in [0.29, 0.717) is 12.2 Å². The Morgan fingerprint density at radius 3 is 2.48 bits per heavy atom. The van der Waals surface area contributed by atoms with Crippen molar-refractivity contribution in [2.75, 3.05) is 38.7 Å². The summed E-state index contributed by atoms with van der Waals surface area (Å²) < 4.78 is 0. The molecule has 0 aliphatic heterocycles. The number of nitro benzene ring substituents is 1. The molecule has 0 bridgehead atoms. The number of aliphatic hydroxyl groups is 1. The van der Waals surface area contributed by atoms with Gasteiger partial charge in [-0.25, -0.2) is 0 Å². The predicted octanol–water partition coefficient (Wildman–Crippen LogP) is 1.51. The lowest BCUT2D eigenvalue weighted by Crippen LogP contribution is -2.35. The van der Waals surface area contributed by atoms with Gasteiger partial charge in [0, 0.05) is 45.0 Å². The van der Waals surface area contributed by atoms with Gasteiger partial charge >= 0.3 is 0 Å². The Morgan fingerprint density at radius 2 is 2.00 bits per heavy atom. The maximum atomic E-state index is 12.6. The van der Waals surface area contributed by atoms with Crippen molar-refractivity contribution in [2.45, 2.75) is 13.3 Å². The average Bonchev–Trinajstić information content (AvgIpc) is 2.45. The summed E-state index contributed by atoms with van der Waals surface area (Å²) in [7, 11) is 3.54. The molecule has 0 saturated carbocycles. The summed E-state index contributed by atoms with van der Waals surface area (Å²) in [5.41, 5.74) is 0.769. The number of non-ortho nitro benzene ring substituents is 1. The summed E-state index contributed by atoms with van der Waals surface area (Å²) >= 11 is 0. The molecule has 1 amide bonds. The zero-order chi connectivity index (χ0) is 16.0. The number of nitrogens with zero attached hydrogens (tertiary/aromatic N) is 3. The van der Waals surface area contributed by atoms with Gasteiger partial charge in [-0.05, 0) is 12.5 Å². The molecule has 0 saturated heterocycles. The molecule has 1 rings (SSSR count). The number of rotatable bonds is 7. The minimum Gasteiger partial charge on any atom is -0.395 e. The zero-order valence-electron chi connectivity index (χ0n) is 12.6. The van der Waals surface area contributed by atoms with Gasteiger partial charge in [-0.1, -0.05) is 6.92 Å². The third kappa shape index (κ3) is 4.16. The normalized spacial score (nSPS) is 10.3. The van der Waals surface area contributed by atoms with Crippen LogP contribution in [0.25, 0.3) is 0 Å². The van der Waals surface area contributed by atoms with E-state index in [1.54, 1.807) is 25.1 Å².